The van der Waals surface area contributed by atoms with E-state index in [0.717, 1.165) is 36.9 Å². The molecule has 1 heterocycles. The lowest BCUT2D eigenvalue weighted by Gasteiger charge is -2.29. The molecule has 3 nitrogen and oxygen atoms in total. The summed E-state index contributed by atoms with van der Waals surface area (Å²) < 4.78 is 0. The second kappa shape index (κ2) is 4.72. The number of nitrogens with one attached hydrogen (secondary N) is 1. The van der Waals surface area contributed by atoms with Crippen LogP contribution in [0.4, 0.5) is 0 Å². The van der Waals surface area contributed by atoms with Crippen molar-refractivity contribution in [3.63, 3.8) is 0 Å². The first-order valence-corrected chi connectivity index (χ1v) is 6.98. The number of carboxylic acids is 1. The molecular formula is C16H19NO2. The Hall–Kier alpha value is -1.77. The maximum absolute atomic E-state index is 11.5. The minimum absolute atomic E-state index is 0.155. The molecule has 2 unspecified atom stereocenters. The van der Waals surface area contributed by atoms with E-state index in [2.05, 4.69) is 24.0 Å². The first-order valence-electron chi connectivity index (χ1n) is 6.98. The number of aryl methyl sites for hydroxylation is 1. The lowest BCUT2D eigenvalue weighted by atomic mass is 9.74. The monoisotopic (exact) mass is 257 g/mol. The molecule has 1 aliphatic rings. The van der Waals surface area contributed by atoms with Crippen LogP contribution < -0.4 is 0 Å². The Morgan fingerprint density at radius 2 is 2.00 bits per heavy atom. The zero-order valence-corrected chi connectivity index (χ0v) is 11.1. The number of hydrogen-bond donors (Lipinski definition) is 2. The maximum atomic E-state index is 11.5. The molecule has 0 saturated heterocycles. The van der Waals surface area contributed by atoms with Crippen LogP contribution in [-0.4, -0.2) is 16.1 Å². The second-order valence-corrected chi connectivity index (χ2v) is 5.54. The van der Waals surface area contributed by atoms with Crippen molar-refractivity contribution in [1.29, 1.82) is 0 Å². The first-order chi connectivity index (χ1) is 9.18. The van der Waals surface area contributed by atoms with E-state index in [1.807, 2.05) is 12.1 Å². The van der Waals surface area contributed by atoms with Gasteiger partial charge in [-0.15, -0.1) is 0 Å². The van der Waals surface area contributed by atoms with E-state index in [-0.39, 0.29) is 11.8 Å². The smallest absolute Gasteiger partial charge is 0.307 e. The molecule has 0 radical (unpaired) electrons. The topological polar surface area (TPSA) is 53.1 Å². The van der Waals surface area contributed by atoms with E-state index >= 15 is 0 Å². The van der Waals surface area contributed by atoms with Gasteiger partial charge < -0.3 is 10.1 Å². The Labute approximate surface area is 112 Å². The van der Waals surface area contributed by atoms with E-state index < -0.39 is 5.97 Å². The molecule has 1 aliphatic carbocycles. The molecule has 1 aromatic heterocycles. The van der Waals surface area contributed by atoms with Crippen LogP contribution in [0, 0.1) is 12.8 Å². The van der Waals surface area contributed by atoms with Gasteiger partial charge in [-0.1, -0.05) is 31.0 Å². The number of aromatic amines is 1. The fraction of sp³-hybridized carbons (Fsp3) is 0.438. The highest BCUT2D eigenvalue weighted by Gasteiger charge is 2.34. The number of hydrogen-bond acceptors (Lipinski definition) is 1. The highest BCUT2D eigenvalue weighted by molar-refractivity contribution is 5.86. The number of fused-ring (bicyclic) bond motifs is 1. The molecule has 1 fully saturated rings. The Bertz CT molecular complexity index is 614. The minimum atomic E-state index is -0.644. The molecule has 0 amide bonds. The summed E-state index contributed by atoms with van der Waals surface area (Å²) in [5.74, 6) is -0.719. The van der Waals surface area contributed by atoms with E-state index in [9.17, 15) is 9.90 Å². The van der Waals surface area contributed by atoms with Gasteiger partial charge in [0.1, 0.15) is 0 Å². The number of carbonyl (C=O) groups is 1. The molecule has 1 aromatic carbocycles. The fourth-order valence-electron chi connectivity index (χ4n) is 3.55. The van der Waals surface area contributed by atoms with Gasteiger partial charge in [-0.05, 0) is 37.3 Å². The third-order valence-electron chi connectivity index (χ3n) is 4.40. The number of rotatable bonds is 2. The highest BCUT2D eigenvalue weighted by atomic mass is 16.4. The standard InChI is InChI=1S/C16H19NO2/c1-10-15(13-8-4-5-9-14(13)17-10)11-6-2-3-7-12(11)16(18)19/h4-5,8-9,11-12,17H,2-3,6-7H2,1H3,(H,18,19). The lowest BCUT2D eigenvalue weighted by molar-refractivity contribution is -0.143. The van der Waals surface area contributed by atoms with Gasteiger partial charge in [-0.3, -0.25) is 4.79 Å². The summed E-state index contributed by atoms with van der Waals surface area (Å²) in [4.78, 5) is 14.9. The summed E-state index contributed by atoms with van der Waals surface area (Å²) in [6, 6.07) is 8.20. The van der Waals surface area contributed by atoms with Crippen molar-refractivity contribution < 1.29 is 9.90 Å². The summed E-state index contributed by atoms with van der Waals surface area (Å²) >= 11 is 0. The molecular weight excluding hydrogens is 238 g/mol. The third kappa shape index (κ3) is 2.03. The van der Waals surface area contributed by atoms with Crippen LogP contribution >= 0.6 is 0 Å². The predicted molar refractivity (Wildman–Crippen MR) is 75.4 cm³/mol. The number of carboxylic acid groups (broad SMARTS) is 1. The predicted octanol–water partition coefficient (Wildman–Crippen LogP) is 3.83. The van der Waals surface area contributed by atoms with Gasteiger partial charge in [0.05, 0.1) is 5.92 Å². The molecule has 0 aliphatic heterocycles. The lowest BCUT2D eigenvalue weighted by Crippen LogP contribution is -2.25. The largest absolute Gasteiger partial charge is 0.481 e. The van der Waals surface area contributed by atoms with Gasteiger partial charge in [0.2, 0.25) is 0 Å². The van der Waals surface area contributed by atoms with Gasteiger partial charge in [-0.2, -0.15) is 0 Å². The molecule has 1 saturated carbocycles. The van der Waals surface area contributed by atoms with Crippen molar-refractivity contribution in [1.82, 2.24) is 4.98 Å². The average molecular weight is 257 g/mol. The van der Waals surface area contributed by atoms with Crippen molar-refractivity contribution in [3.05, 3.63) is 35.5 Å². The number of aliphatic carboxylic acids is 1. The summed E-state index contributed by atoms with van der Waals surface area (Å²) in [5.41, 5.74) is 3.46. The van der Waals surface area contributed by atoms with Gasteiger partial charge in [0.25, 0.3) is 0 Å². The zero-order valence-electron chi connectivity index (χ0n) is 11.1. The second-order valence-electron chi connectivity index (χ2n) is 5.54. The van der Waals surface area contributed by atoms with Crippen LogP contribution in [0.5, 0.6) is 0 Å². The number of benzene rings is 1. The SMILES string of the molecule is Cc1[nH]c2ccccc2c1C1CCCCC1C(=O)O. The van der Waals surface area contributed by atoms with Gasteiger partial charge in [0, 0.05) is 16.6 Å². The maximum Gasteiger partial charge on any atom is 0.307 e. The van der Waals surface area contributed by atoms with Crippen LogP contribution in [0.3, 0.4) is 0 Å². The summed E-state index contributed by atoms with van der Waals surface area (Å²) in [5, 5.41) is 10.7. The summed E-state index contributed by atoms with van der Waals surface area (Å²) in [7, 11) is 0. The van der Waals surface area contributed by atoms with Crippen LogP contribution in [0.25, 0.3) is 10.9 Å². The van der Waals surface area contributed by atoms with Crippen molar-refractivity contribution >= 4 is 16.9 Å². The Kier molecular flexibility index (Phi) is 3.05. The average Bonchev–Trinajstić information content (AvgIpc) is 2.74. The molecule has 19 heavy (non-hydrogen) atoms. The van der Waals surface area contributed by atoms with Crippen molar-refractivity contribution in [3.8, 4) is 0 Å². The van der Waals surface area contributed by atoms with Crippen LogP contribution in [0.15, 0.2) is 24.3 Å². The highest BCUT2D eigenvalue weighted by Crippen LogP contribution is 2.42. The van der Waals surface area contributed by atoms with Crippen LogP contribution in [0.1, 0.15) is 42.9 Å². The first kappa shape index (κ1) is 12.3. The molecule has 0 bridgehead atoms. The fourth-order valence-corrected chi connectivity index (χ4v) is 3.55. The summed E-state index contributed by atoms with van der Waals surface area (Å²) in [6.45, 7) is 2.06. The molecule has 3 heteroatoms. The zero-order chi connectivity index (χ0) is 13.4. The number of H-pyrrole nitrogens is 1. The van der Waals surface area contributed by atoms with Crippen molar-refractivity contribution in [2.45, 2.75) is 38.5 Å². The third-order valence-corrected chi connectivity index (χ3v) is 4.40. The van der Waals surface area contributed by atoms with Crippen LogP contribution in [0.2, 0.25) is 0 Å². The van der Waals surface area contributed by atoms with Crippen molar-refractivity contribution in [2.75, 3.05) is 0 Å². The molecule has 2 aromatic rings. The normalized spacial score (nSPS) is 23.6. The minimum Gasteiger partial charge on any atom is -0.481 e. The molecule has 2 atom stereocenters. The van der Waals surface area contributed by atoms with E-state index in [1.54, 1.807) is 0 Å². The van der Waals surface area contributed by atoms with E-state index in [0.29, 0.717) is 0 Å². The Morgan fingerprint density at radius 1 is 1.26 bits per heavy atom. The van der Waals surface area contributed by atoms with Gasteiger partial charge >= 0.3 is 5.97 Å². The van der Waals surface area contributed by atoms with Gasteiger partial charge in [-0.25, -0.2) is 0 Å². The van der Waals surface area contributed by atoms with E-state index in [1.165, 1.54) is 10.9 Å². The van der Waals surface area contributed by atoms with Crippen LogP contribution in [-0.2, 0) is 4.79 Å². The number of para-hydroxylation sites is 1. The molecule has 3 rings (SSSR count). The Balaban J connectivity index is 2.11. The Morgan fingerprint density at radius 3 is 2.79 bits per heavy atom. The summed E-state index contributed by atoms with van der Waals surface area (Å²) in [6.07, 6.45) is 3.96. The molecule has 100 valence electrons. The van der Waals surface area contributed by atoms with Crippen molar-refractivity contribution in [2.24, 2.45) is 5.92 Å². The molecule has 0 spiro atoms. The van der Waals surface area contributed by atoms with E-state index in [4.69, 9.17) is 0 Å². The van der Waals surface area contributed by atoms with Gasteiger partial charge in [0.15, 0.2) is 0 Å². The quantitative estimate of drug-likeness (QED) is 0.859. The molecule has 2 N–H and O–H groups in total. The number of aromatic nitrogens is 1.